The largest absolute Gasteiger partial charge is 0.458 e. The Hall–Kier alpha value is -2.44. The Morgan fingerprint density at radius 2 is 1.90 bits per heavy atom. The van der Waals surface area contributed by atoms with Crippen LogP contribution in [0.2, 0.25) is 0 Å². The highest BCUT2D eigenvalue weighted by atomic mass is 16.6. The van der Waals surface area contributed by atoms with Gasteiger partial charge in [0.2, 0.25) is 11.8 Å². The van der Waals surface area contributed by atoms with E-state index in [2.05, 4.69) is 15.6 Å². The molecule has 0 bridgehead atoms. The van der Waals surface area contributed by atoms with Crippen molar-refractivity contribution in [3.63, 3.8) is 0 Å². The van der Waals surface area contributed by atoms with Crippen molar-refractivity contribution in [1.29, 1.82) is 0 Å². The predicted octanol–water partition coefficient (Wildman–Crippen LogP) is 2.25. The molecule has 7 heteroatoms. The molecule has 1 aromatic heterocycles. The lowest BCUT2D eigenvalue weighted by Gasteiger charge is -2.32. The minimum absolute atomic E-state index is 0.0163. The molecule has 1 aromatic rings. The Bertz CT molecular complexity index is 753. The molecule has 7 nitrogen and oxygen atoms in total. The number of aromatic nitrogens is 1. The number of ether oxygens (including phenoxy) is 1. The predicted molar refractivity (Wildman–Crippen MR) is 105 cm³/mol. The van der Waals surface area contributed by atoms with E-state index in [0.29, 0.717) is 6.54 Å². The second kappa shape index (κ2) is 8.51. The Kier molecular flexibility index (Phi) is 5.83. The van der Waals surface area contributed by atoms with Crippen LogP contribution in [0.25, 0.3) is 0 Å². The summed E-state index contributed by atoms with van der Waals surface area (Å²) in [6.45, 7) is 0.487. The van der Waals surface area contributed by atoms with Crippen LogP contribution in [0.4, 0.5) is 0 Å². The van der Waals surface area contributed by atoms with Gasteiger partial charge >= 0.3 is 5.97 Å². The first-order valence-electron chi connectivity index (χ1n) is 10.7. The molecule has 1 unspecified atom stereocenters. The van der Waals surface area contributed by atoms with Gasteiger partial charge in [0, 0.05) is 30.9 Å². The van der Waals surface area contributed by atoms with Crippen LogP contribution in [-0.2, 0) is 25.7 Å². The van der Waals surface area contributed by atoms with Crippen LogP contribution in [0, 0.1) is 11.8 Å². The zero-order valence-corrected chi connectivity index (χ0v) is 16.7. The average Bonchev–Trinajstić information content (AvgIpc) is 3.33. The van der Waals surface area contributed by atoms with Crippen LogP contribution in [0.15, 0.2) is 24.5 Å². The normalized spacial score (nSPS) is 28.1. The molecule has 2 aliphatic carbocycles. The number of pyridine rings is 1. The lowest BCUT2D eigenvalue weighted by Crippen LogP contribution is -2.47. The van der Waals surface area contributed by atoms with Gasteiger partial charge in [-0.3, -0.25) is 19.4 Å². The highest BCUT2D eigenvalue weighted by Gasteiger charge is 2.54. The first-order chi connectivity index (χ1) is 14.1. The maximum absolute atomic E-state index is 12.9. The number of hydrogen-bond donors (Lipinski definition) is 2. The van der Waals surface area contributed by atoms with Crippen molar-refractivity contribution < 1.29 is 19.1 Å². The molecule has 1 atom stereocenters. The van der Waals surface area contributed by atoms with Crippen LogP contribution >= 0.6 is 0 Å². The standard InChI is InChI=1S/C22H29N3O4/c26-19-12-18(22(29-19)9-1-2-10-22)21(28)25-17-7-5-16(6-8-17)20(27)24-14-15-4-3-11-23-13-15/h3-4,11,13,16-18H,1-2,5-10,12,14H2,(H,24,27)(H,25,28). The summed E-state index contributed by atoms with van der Waals surface area (Å²) in [4.78, 5) is 41.2. The molecule has 29 heavy (non-hydrogen) atoms. The summed E-state index contributed by atoms with van der Waals surface area (Å²) in [6, 6.07) is 3.86. The molecule has 0 aromatic carbocycles. The Balaban J connectivity index is 1.24. The van der Waals surface area contributed by atoms with E-state index < -0.39 is 5.60 Å². The highest BCUT2D eigenvalue weighted by Crippen LogP contribution is 2.45. The smallest absolute Gasteiger partial charge is 0.307 e. The van der Waals surface area contributed by atoms with Gasteiger partial charge in [0.1, 0.15) is 5.60 Å². The van der Waals surface area contributed by atoms with E-state index in [4.69, 9.17) is 4.74 Å². The van der Waals surface area contributed by atoms with Crippen LogP contribution < -0.4 is 10.6 Å². The van der Waals surface area contributed by atoms with Gasteiger partial charge in [-0.25, -0.2) is 0 Å². The van der Waals surface area contributed by atoms with Crippen LogP contribution in [0.3, 0.4) is 0 Å². The minimum atomic E-state index is -0.565. The molecule has 2 heterocycles. The lowest BCUT2D eigenvalue weighted by molar-refractivity contribution is -0.150. The van der Waals surface area contributed by atoms with E-state index >= 15 is 0 Å². The first kappa shape index (κ1) is 19.9. The number of carbonyl (C=O) groups is 3. The summed E-state index contributed by atoms with van der Waals surface area (Å²) in [6.07, 6.45) is 10.3. The van der Waals surface area contributed by atoms with E-state index in [9.17, 15) is 14.4 Å². The van der Waals surface area contributed by atoms with Crippen LogP contribution in [0.1, 0.15) is 63.4 Å². The molecular weight excluding hydrogens is 370 g/mol. The molecule has 1 saturated heterocycles. The molecular formula is C22H29N3O4. The molecule has 4 rings (SSSR count). The zero-order chi connectivity index (χ0) is 20.3. The fourth-order valence-electron chi connectivity index (χ4n) is 5.09. The average molecular weight is 399 g/mol. The molecule has 3 aliphatic rings. The minimum Gasteiger partial charge on any atom is -0.458 e. The van der Waals surface area contributed by atoms with E-state index in [1.165, 1.54) is 0 Å². The summed E-state index contributed by atoms with van der Waals surface area (Å²) in [5.74, 6) is -0.614. The molecule has 1 spiro atoms. The fourth-order valence-corrected chi connectivity index (χ4v) is 5.09. The SMILES string of the molecule is O=C1CC(C(=O)NC2CCC(C(=O)NCc3cccnc3)CC2)C2(CCCC2)O1. The third kappa shape index (κ3) is 4.43. The lowest BCUT2D eigenvalue weighted by atomic mass is 9.83. The maximum atomic E-state index is 12.9. The summed E-state index contributed by atoms with van der Waals surface area (Å²) >= 11 is 0. The molecule has 156 valence electrons. The van der Waals surface area contributed by atoms with Crippen molar-refractivity contribution in [1.82, 2.24) is 15.6 Å². The topological polar surface area (TPSA) is 97.4 Å². The molecule has 3 fully saturated rings. The summed E-state index contributed by atoms with van der Waals surface area (Å²) in [5, 5.41) is 6.13. The summed E-state index contributed by atoms with van der Waals surface area (Å²) in [5.41, 5.74) is 0.417. The van der Waals surface area contributed by atoms with Gasteiger partial charge < -0.3 is 15.4 Å². The number of esters is 1. The first-order valence-corrected chi connectivity index (χ1v) is 10.7. The molecule has 2 amide bonds. The van der Waals surface area contributed by atoms with Crippen molar-refractivity contribution in [2.24, 2.45) is 11.8 Å². The van der Waals surface area contributed by atoms with Gasteiger partial charge in [0.25, 0.3) is 0 Å². The number of nitrogens with zero attached hydrogens (tertiary/aromatic N) is 1. The third-order valence-electron chi connectivity index (χ3n) is 6.72. The molecule has 2 N–H and O–H groups in total. The molecule has 2 saturated carbocycles. The number of carbonyl (C=O) groups excluding carboxylic acids is 3. The zero-order valence-electron chi connectivity index (χ0n) is 16.7. The highest BCUT2D eigenvalue weighted by molar-refractivity contribution is 5.88. The Labute approximate surface area is 171 Å². The van der Waals surface area contributed by atoms with Crippen molar-refractivity contribution in [2.45, 2.75) is 76.0 Å². The van der Waals surface area contributed by atoms with Crippen molar-refractivity contribution in [3.05, 3.63) is 30.1 Å². The van der Waals surface area contributed by atoms with Gasteiger partial charge in [0.05, 0.1) is 12.3 Å². The van der Waals surface area contributed by atoms with Crippen molar-refractivity contribution in [2.75, 3.05) is 0 Å². The van der Waals surface area contributed by atoms with Crippen LogP contribution in [0.5, 0.6) is 0 Å². The summed E-state index contributed by atoms with van der Waals surface area (Å²) < 4.78 is 5.59. The second-order valence-corrected chi connectivity index (χ2v) is 8.64. The van der Waals surface area contributed by atoms with Crippen LogP contribution in [-0.4, -0.2) is 34.4 Å². The Morgan fingerprint density at radius 1 is 1.14 bits per heavy atom. The molecule has 0 radical (unpaired) electrons. The number of rotatable bonds is 5. The monoisotopic (exact) mass is 399 g/mol. The van der Waals surface area contributed by atoms with E-state index in [0.717, 1.165) is 56.9 Å². The van der Waals surface area contributed by atoms with Crippen molar-refractivity contribution in [3.8, 4) is 0 Å². The van der Waals surface area contributed by atoms with E-state index in [1.54, 1.807) is 12.4 Å². The number of amides is 2. The number of hydrogen-bond acceptors (Lipinski definition) is 5. The molecule has 1 aliphatic heterocycles. The van der Waals surface area contributed by atoms with Gasteiger partial charge in [-0.05, 0) is 63.0 Å². The summed E-state index contributed by atoms with van der Waals surface area (Å²) in [7, 11) is 0. The van der Waals surface area contributed by atoms with Gasteiger partial charge in [0.15, 0.2) is 0 Å². The van der Waals surface area contributed by atoms with E-state index in [-0.39, 0.29) is 42.1 Å². The maximum Gasteiger partial charge on any atom is 0.307 e. The fraction of sp³-hybridized carbons (Fsp3) is 0.636. The Morgan fingerprint density at radius 3 is 2.59 bits per heavy atom. The number of nitrogens with one attached hydrogen (secondary N) is 2. The third-order valence-corrected chi connectivity index (χ3v) is 6.72. The van der Waals surface area contributed by atoms with E-state index in [1.807, 2.05) is 12.1 Å². The van der Waals surface area contributed by atoms with Crippen molar-refractivity contribution >= 4 is 17.8 Å². The second-order valence-electron chi connectivity index (χ2n) is 8.64. The van der Waals surface area contributed by atoms with Gasteiger partial charge in [-0.1, -0.05) is 6.07 Å². The van der Waals surface area contributed by atoms with Gasteiger partial charge in [-0.15, -0.1) is 0 Å². The van der Waals surface area contributed by atoms with Gasteiger partial charge in [-0.2, -0.15) is 0 Å². The quantitative estimate of drug-likeness (QED) is 0.740.